The Labute approximate surface area is 130 Å². The van der Waals surface area contributed by atoms with Crippen LogP contribution in [-0.2, 0) is 17.8 Å². The third kappa shape index (κ3) is 2.50. The zero-order chi connectivity index (χ0) is 14.9. The Morgan fingerprint density at radius 2 is 2.27 bits per heavy atom. The molecule has 1 atom stereocenters. The molecule has 1 fully saturated rings. The van der Waals surface area contributed by atoms with Crippen LogP contribution in [0.3, 0.4) is 0 Å². The van der Waals surface area contributed by atoms with E-state index in [-0.39, 0.29) is 11.8 Å². The van der Waals surface area contributed by atoms with E-state index in [1.165, 1.54) is 30.6 Å². The van der Waals surface area contributed by atoms with Crippen LogP contribution in [0.25, 0.3) is 11.0 Å². The lowest BCUT2D eigenvalue weighted by Crippen LogP contribution is -2.24. The highest BCUT2D eigenvalue weighted by molar-refractivity contribution is 5.94. The number of aromatic nitrogens is 2. The molecular weight excluding hydrogens is 276 g/mol. The molecule has 0 radical (unpaired) electrons. The molecule has 2 N–H and O–H groups in total. The fourth-order valence-electron chi connectivity index (χ4n) is 3.55. The molecule has 0 bridgehead atoms. The molecule has 4 rings (SSSR count). The molecule has 1 amide bonds. The number of anilines is 1. The number of hydrogen-bond donors (Lipinski definition) is 2. The van der Waals surface area contributed by atoms with E-state index in [4.69, 9.17) is 4.98 Å². The lowest BCUT2D eigenvalue weighted by atomic mass is 10.1. The number of fused-ring (bicyclic) bond motifs is 3. The van der Waals surface area contributed by atoms with Crippen molar-refractivity contribution in [3.8, 4) is 0 Å². The van der Waals surface area contributed by atoms with Gasteiger partial charge in [-0.15, -0.1) is 0 Å². The van der Waals surface area contributed by atoms with E-state index in [0.717, 1.165) is 43.7 Å². The quantitative estimate of drug-likeness (QED) is 0.894. The van der Waals surface area contributed by atoms with E-state index in [1.807, 2.05) is 12.1 Å². The highest BCUT2D eigenvalue weighted by Crippen LogP contribution is 2.25. The van der Waals surface area contributed by atoms with Crippen molar-refractivity contribution in [2.24, 2.45) is 5.92 Å². The van der Waals surface area contributed by atoms with E-state index in [0.29, 0.717) is 0 Å². The highest BCUT2D eigenvalue weighted by atomic mass is 16.1. The summed E-state index contributed by atoms with van der Waals surface area (Å²) < 4.78 is 2.34. The van der Waals surface area contributed by atoms with Gasteiger partial charge in [0.25, 0.3) is 0 Å². The smallest absolute Gasteiger partial charge is 0.228 e. The molecule has 2 aliphatic heterocycles. The molecule has 116 valence electrons. The molecule has 22 heavy (non-hydrogen) atoms. The summed E-state index contributed by atoms with van der Waals surface area (Å²) in [5.41, 5.74) is 3.05. The molecule has 1 aromatic heterocycles. The van der Waals surface area contributed by atoms with E-state index >= 15 is 0 Å². The summed E-state index contributed by atoms with van der Waals surface area (Å²) in [4.78, 5) is 17.0. The van der Waals surface area contributed by atoms with Crippen molar-refractivity contribution in [2.75, 3.05) is 18.4 Å². The molecule has 0 aliphatic carbocycles. The minimum atomic E-state index is 0.0920. The fourth-order valence-corrected chi connectivity index (χ4v) is 3.55. The Bertz CT molecular complexity index is 700. The van der Waals surface area contributed by atoms with Crippen molar-refractivity contribution in [1.82, 2.24) is 14.9 Å². The average Bonchev–Trinajstić information content (AvgIpc) is 3.10. The Morgan fingerprint density at radius 1 is 1.32 bits per heavy atom. The van der Waals surface area contributed by atoms with Crippen LogP contribution in [0.1, 0.15) is 31.5 Å². The summed E-state index contributed by atoms with van der Waals surface area (Å²) >= 11 is 0. The molecular formula is C17H22N4O. The molecule has 5 nitrogen and oxygen atoms in total. The van der Waals surface area contributed by atoms with Crippen LogP contribution in [0, 0.1) is 5.92 Å². The number of hydrogen-bond acceptors (Lipinski definition) is 3. The largest absolute Gasteiger partial charge is 0.328 e. The van der Waals surface area contributed by atoms with Crippen molar-refractivity contribution in [1.29, 1.82) is 0 Å². The minimum Gasteiger partial charge on any atom is -0.328 e. The normalized spacial score (nSPS) is 21.5. The number of carbonyl (C=O) groups is 1. The number of benzene rings is 1. The molecule has 1 unspecified atom stereocenters. The second-order valence-corrected chi connectivity index (χ2v) is 6.37. The van der Waals surface area contributed by atoms with Gasteiger partial charge in [0, 0.05) is 25.2 Å². The first-order valence-electron chi connectivity index (χ1n) is 8.32. The average molecular weight is 298 g/mol. The number of nitrogens with one attached hydrogen (secondary N) is 2. The summed E-state index contributed by atoms with van der Waals surface area (Å²) in [6, 6.07) is 6.11. The first-order chi connectivity index (χ1) is 10.8. The topological polar surface area (TPSA) is 59.0 Å². The van der Waals surface area contributed by atoms with Gasteiger partial charge in [-0.25, -0.2) is 4.98 Å². The first kappa shape index (κ1) is 13.8. The van der Waals surface area contributed by atoms with E-state index in [1.54, 1.807) is 0 Å². The molecule has 2 aliphatic rings. The molecule has 3 heterocycles. The lowest BCUT2D eigenvalue weighted by Gasteiger charge is -2.10. The van der Waals surface area contributed by atoms with Gasteiger partial charge in [-0.1, -0.05) is 6.42 Å². The number of carbonyl (C=O) groups excluding carboxylic acids is 1. The second kappa shape index (κ2) is 5.72. The fraction of sp³-hybridized carbons (Fsp3) is 0.529. The van der Waals surface area contributed by atoms with E-state index in [9.17, 15) is 4.79 Å². The van der Waals surface area contributed by atoms with Crippen molar-refractivity contribution >= 4 is 22.6 Å². The Hall–Kier alpha value is -1.88. The van der Waals surface area contributed by atoms with Crippen LogP contribution in [0.5, 0.6) is 0 Å². The van der Waals surface area contributed by atoms with Crippen LogP contribution in [0.4, 0.5) is 5.69 Å². The van der Waals surface area contributed by atoms with Crippen molar-refractivity contribution in [3.05, 3.63) is 24.0 Å². The van der Waals surface area contributed by atoms with Crippen LogP contribution in [0.15, 0.2) is 18.2 Å². The van der Waals surface area contributed by atoms with Crippen LogP contribution in [-0.4, -0.2) is 28.5 Å². The molecule has 0 spiro atoms. The first-order valence-corrected chi connectivity index (χ1v) is 8.32. The second-order valence-electron chi connectivity index (χ2n) is 6.37. The predicted octanol–water partition coefficient (Wildman–Crippen LogP) is 2.31. The molecule has 5 heteroatoms. The van der Waals surface area contributed by atoms with Crippen LogP contribution in [0.2, 0.25) is 0 Å². The number of nitrogens with zero attached hydrogens (tertiary/aromatic N) is 2. The van der Waals surface area contributed by atoms with Gasteiger partial charge in [-0.3, -0.25) is 4.79 Å². The van der Waals surface area contributed by atoms with Gasteiger partial charge in [0.05, 0.1) is 17.0 Å². The van der Waals surface area contributed by atoms with Gasteiger partial charge in [-0.05, 0) is 44.0 Å². The van der Waals surface area contributed by atoms with Crippen molar-refractivity contribution in [3.63, 3.8) is 0 Å². The van der Waals surface area contributed by atoms with Crippen LogP contribution >= 0.6 is 0 Å². The third-order valence-corrected chi connectivity index (χ3v) is 4.81. The van der Waals surface area contributed by atoms with E-state index in [2.05, 4.69) is 21.3 Å². The Balaban J connectivity index is 1.59. The Morgan fingerprint density at radius 3 is 3.14 bits per heavy atom. The lowest BCUT2D eigenvalue weighted by molar-refractivity contribution is -0.119. The van der Waals surface area contributed by atoms with Gasteiger partial charge >= 0.3 is 0 Å². The summed E-state index contributed by atoms with van der Waals surface area (Å²) in [6.45, 7) is 2.78. The summed E-state index contributed by atoms with van der Waals surface area (Å²) in [5.74, 6) is 1.40. The molecule has 2 aromatic rings. The SMILES string of the molecule is O=C(Nc1ccc2c(c1)nc1n2CCCCC1)C1CCNC1. The summed E-state index contributed by atoms with van der Waals surface area (Å²) in [5, 5.41) is 6.27. The minimum absolute atomic E-state index is 0.0920. The molecule has 1 saturated heterocycles. The van der Waals surface area contributed by atoms with Gasteiger partial charge in [0.2, 0.25) is 5.91 Å². The van der Waals surface area contributed by atoms with E-state index < -0.39 is 0 Å². The van der Waals surface area contributed by atoms with Gasteiger partial charge in [-0.2, -0.15) is 0 Å². The zero-order valence-electron chi connectivity index (χ0n) is 12.8. The highest BCUT2D eigenvalue weighted by Gasteiger charge is 2.22. The number of rotatable bonds is 2. The maximum Gasteiger partial charge on any atom is 0.228 e. The van der Waals surface area contributed by atoms with Gasteiger partial charge < -0.3 is 15.2 Å². The number of amides is 1. The van der Waals surface area contributed by atoms with Crippen LogP contribution < -0.4 is 10.6 Å². The monoisotopic (exact) mass is 298 g/mol. The number of imidazole rings is 1. The van der Waals surface area contributed by atoms with Crippen molar-refractivity contribution in [2.45, 2.75) is 38.6 Å². The van der Waals surface area contributed by atoms with Gasteiger partial charge in [0.15, 0.2) is 0 Å². The number of aryl methyl sites for hydroxylation is 2. The molecule has 1 aromatic carbocycles. The summed E-state index contributed by atoms with van der Waals surface area (Å²) in [7, 11) is 0. The summed E-state index contributed by atoms with van der Waals surface area (Å²) in [6.07, 6.45) is 5.72. The van der Waals surface area contributed by atoms with Crippen molar-refractivity contribution < 1.29 is 4.79 Å². The molecule has 0 saturated carbocycles. The maximum atomic E-state index is 12.2. The third-order valence-electron chi connectivity index (χ3n) is 4.81. The predicted molar refractivity (Wildman–Crippen MR) is 86.9 cm³/mol. The zero-order valence-corrected chi connectivity index (χ0v) is 12.8. The standard InChI is InChI=1S/C17H22N4O/c22-17(12-7-8-18-11-12)19-13-5-6-15-14(10-13)20-16-4-2-1-3-9-21(15)16/h5-6,10,12,18H,1-4,7-9,11H2,(H,19,22). The Kier molecular flexibility index (Phi) is 3.58. The van der Waals surface area contributed by atoms with Gasteiger partial charge in [0.1, 0.15) is 5.82 Å². The maximum absolute atomic E-state index is 12.2.